The molecule has 0 saturated heterocycles. The summed E-state index contributed by atoms with van der Waals surface area (Å²) in [6, 6.07) is 15.5. The summed E-state index contributed by atoms with van der Waals surface area (Å²) >= 11 is 0. The van der Waals surface area contributed by atoms with Crippen LogP contribution in [-0.2, 0) is 24.0 Å². The van der Waals surface area contributed by atoms with E-state index in [0.717, 1.165) is 36.3 Å². The fourth-order valence-corrected chi connectivity index (χ4v) is 4.86. The molecule has 9 nitrogen and oxygen atoms in total. The molecule has 0 aliphatic carbocycles. The number of nitrogens with zero attached hydrogens (tertiary/aromatic N) is 5. The van der Waals surface area contributed by atoms with Crippen LogP contribution in [-0.4, -0.2) is 42.4 Å². The van der Waals surface area contributed by atoms with E-state index in [0.29, 0.717) is 23.3 Å². The average molecular weight is 491 g/mol. The van der Waals surface area contributed by atoms with Crippen LogP contribution in [0.5, 0.6) is 5.88 Å². The third-order valence-corrected chi connectivity index (χ3v) is 7.03. The number of anilines is 1. The normalized spacial score (nSPS) is 15.3. The Labute approximate surface area is 206 Å². The monoisotopic (exact) mass is 490 g/mol. The molecule has 0 radical (unpaired) electrons. The summed E-state index contributed by atoms with van der Waals surface area (Å²) in [5.41, 5.74) is 4.11. The number of hydrogen-bond donors (Lipinski definition) is 1. The number of rotatable bonds is 8. The van der Waals surface area contributed by atoms with Gasteiger partial charge in [-0.25, -0.2) is 9.19 Å². The van der Waals surface area contributed by atoms with E-state index in [1.807, 2.05) is 49.4 Å². The molecule has 0 saturated carbocycles. The third kappa shape index (κ3) is 5.23. The Morgan fingerprint density at radius 2 is 2.00 bits per heavy atom. The predicted octanol–water partition coefficient (Wildman–Crippen LogP) is 4.18. The minimum absolute atomic E-state index is 0.0920. The second kappa shape index (κ2) is 10.3. The zero-order valence-electron chi connectivity index (χ0n) is 19.5. The van der Waals surface area contributed by atoms with Crippen molar-refractivity contribution in [3.8, 4) is 17.3 Å². The molecule has 10 heteroatoms. The van der Waals surface area contributed by atoms with Gasteiger partial charge in [0.15, 0.2) is 11.0 Å². The SMILES string of the molecule is CCOc1cnc(C(C)N2CCc3ccc(S(=O)Nc4noc(-c5ccccc5)n4)cc3C2)cn1. The fourth-order valence-electron chi connectivity index (χ4n) is 4.06. The van der Waals surface area contributed by atoms with Crippen molar-refractivity contribution in [2.45, 2.75) is 37.8 Å². The van der Waals surface area contributed by atoms with Crippen molar-refractivity contribution in [1.29, 1.82) is 0 Å². The van der Waals surface area contributed by atoms with Crippen molar-refractivity contribution in [2.24, 2.45) is 0 Å². The van der Waals surface area contributed by atoms with Gasteiger partial charge in [0.25, 0.3) is 11.8 Å². The Morgan fingerprint density at radius 3 is 2.77 bits per heavy atom. The summed E-state index contributed by atoms with van der Waals surface area (Å²) < 4.78 is 26.5. The van der Waals surface area contributed by atoms with E-state index in [4.69, 9.17) is 9.26 Å². The Balaban J connectivity index is 1.27. The van der Waals surface area contributed by atoms with Crippen molar-refractivity contribution >= 4 is 16.9 Å². The fraction of sp³-hybridized carbons (Fsp3) is 0.280. The first-order valence-corrected chi connectivity index (χ1v) is 12.6. The maximum Gasteiger partial charge on any atom is 0.275 e. The first-order valence-electron chi connectivity index (χ1n) is 11.5. The Kier molecular flexibility index (Phi) is 6.82. The first-order chi connectivity index (χ1) is 17.1. The van der Waals surface area contributed by atoms with E-state index in [-0.39, 0.29) is 12.0 Å². The quantitative estimate of drug-likeness (QED) is 0.392. The molecule has 3 heterocycles. The van der Waals surface area contributed by atoms with Crippen LogP contribution >= 0.6 is 0 Å². The number of aromatic nitrogens is 4. The van der Waals surface area contributed by atoms with Gasteiger partial charge >= 0.3 is 0 Å². The molecule has 35 heavy (non-hydrogen) atoms. The lowest BCUT2D eigenvalue weighted by molar-refractivity contribution is 0.188. The molecule has 2 unspecified atom stereocenters. The van der Waals surface area contributed by atoms with Gasteiger partial charge in [-0.05, 0) is 60.8 Å². The van der Waals surface area contributed by atoms with Crippen molar-refractivity contribution in [3.05, 3.63) is 77.7 Å². The smallest absolute Gasteiger partial charge is 0.275 e. The highest BCUT2D eigenvalue weighted by atomic mass is 32.2. The number of benzene rings is 2. The topological polar surface area (TPSA) is 106 Å². The van der Waals surface area contributed by atoms with E-state index >= 15 is 0 Å². The van der Waals surface area contributed by atoms with Gasteiger partial charge in [-0.3, -0.25) is 14.6 Å². The van der Waals surface area contributed by atoms with Crippen LogP contribution < -0.4 is 9.46 Å². The molecule has 4 aromatic rings. The molecule has 0 amide bonds. The lowest BCUT2D eigenvalue weighted by Gasteiger charge is -2.33. The second-order valence-electron chi connectivity index (χ2n) is 8.20. The molecule has 180 valence electrons. The highest BCUT2D eigenvalue weighted by Gasteiger charge is 2.24. The summed E-state index contributed by atoms with van der Waals surface area (Å²) in [5, 5.41) is 3.91. The summed E-state index contributed by atoms with van der Waals surface area (Å²) in [7, 11) is -1.53. The third-order valence-electron chi connectivity index (χ3n) is 5.98. The number of hydrogen-bond acceptors (Lipinski definition) is 8. The van der Waals surface area contributed by atoms with Crippen molar-refractivity contribution in [1.82, 2.24) is 25.0 Å². The standard InChI is InChI=1S/C25H26N6O3S/c1-3-33-23-15-26-22(14-27-23)17(2)31-12-11-18-9-10-21(13-20(18)16-31)35(32)30-25-28-24(34-29-25)19-7-5-4-6-8-19/h4-10,13-15,17H,3,11-12,16H2,1-2H3,(H,29,30). The van der Waals surface area contributed by atoms with Gasteiger partial charge in [-0.15, -0.1) is 0 Å². The molecule has 0 spiro atoms. The van der Waals surface area contributed by atoms with E-state index in [1.165, 1.54) is 5.56 Å². The minimum Gasteiger partial charge on any atom is -0.477 e. The van der Waals surface area contributed by atoms with Crippen LogP contribution in [0.2, 0.25) is 0 Å². The molecule has 5 rings (SSSR count). The summed E-state index contributed by atoms with van der Waals surface area (Å²) in [6.07, 6.45) is 4.35. The van der Waals surface area contributed by atoms with E-state index in [1.54, 1.807) is 12.4 Å². The van der Waals surface area contributed by atoms with Gasteiger partial charge in [0, 0.05) is 18.7 Å². The van der Waals surface area contributed by atoms with Crippen molar-refractivity contribution in [3.63, 3.8) is 0 Å². The molecule has 0 bridgehead atoms. The number of nitrogens with one attached hydrogen (secondary N) is 1. The zero-order valence-corrected chi connectivity index (χ0v) is 20.4. The minimum atomic E-state index is -1.53. The number of fused-ring (bicyclic) bond motifs is 1. The summed E-state index contributed by atoms with van der Waals surface area (Å²) in [6.45, 7) is 6.25. The Morgan fingerprint density at radius 1 is 1.14 bits per heavy atom. The van der Waals surface area contributed by atoms with E-state index in [2.05, 4.69) is 42.7 Å². The maximum absolute atomic E-state index is 13.0. The summed E-state index contributed by atoms with van der Waals surface area (Å²) in [5.74, 6) is 1.09. The number of ether oxygens (including phenoxy) is 1. The van der Waals surface area contributed by atoms with Crippen LogP contribution in [0.1, 0.15) is 36.7 Å². The lowest BCUT2D eigenvalue weighted by atomic mass is 9.98. The van der Waals surface area contributed by atoms with Crippen molar-refractivity contribution in [2.75, 3.05) is 17.9 Å². The largest absolute Gasteiger partial charge is 0.477 e. The van der Waals surface area contributed by atoms with Crippen LogP contribution in [0, 0.1) is 0 Å². The van der Waals surface area contributed by atoms with Crippen molar-refractivity contribution < 1.29 is 13.5 Å². The molecule has 2 atom stereocenters. The highest BCUT2D eigenvalue weighted by molar-refractivity contribution is 7.86. The predicted molar refractivity (Wildman–Crippen MR) is 132 cm³/mol. The molecule has 1 aliphatic rings. The van der Waals surface area contributed by atoms with Crippen LogP contribution in [0.3, 0.4) is 0 Å². The molecule has 2 aromatic carbocycles. The van der Waals surface area contributed by atoms with Gasteiger partial charge in [0.2, 0.25) is 5.88 Å². The van der Waals surface area contributed by atoms with Gasteiger partial charge in [0.05, 0.1) is 35.6 Å². The van der Waals surface area contributed by atoms with Crippen LogP contribution in [0.15, 0.2) is 70.3 Å². The first kappa shape index (κ1) is 23.1. The van der Waals surface area contributed by atoms with Gasteiger partial charge in [-0.1, -0.05) is 24.3 Å². The lowest BCUT2D eigenvalue weighted by Crippen LogP contribution is -2.33. The molecular weight excluding hydrogens is 464 g/mol. The Hall–Kier alpha value is -3.63. The maximum atomic E-state index is 13.0. The molecular formula is C25H26N6O3S. The summed E-state index contributed by atoms with van der Waals surface area (Å²) in [4.78, 5) is 16.2. The zero-order chi connectivity index (χ0) is 24.2. The second-order valence-corrected chi connectivity index (χ2v) is 9.41. The van der Waals surface area contributed by atoms with E-state index in [9.17, 15) is 4.21 Å². The van der Waals surface area contributed by atoms with Crippen LogP contribution in [0.25, 0.3) is 11.5 Å². The molecule has 2 aromatic heterocycles. The molecule has 1 N–H and O–H groups in total. The van der Waals surface area contributed by atoms with Crippen LogP contribution in [0.4, 0.5) is 5.95 Å². The van der Waals surface area contributed by atoms with Gasteiger partial charge in [0.1, 0.15) is 0 Å². The highest BCUT2D eigenvalue weighted by Crippen LogP contribution is 2.28. The Bertz CT molecular complexity index is 1310. The van der Waals surface area contributed by atoms with Gasteiger partial charge in [-0.2, -0.15) is 4.98 Å². The molecule has 1 aliphatic heterocycles. The molecule has 0 fully saturated rings. The average Bonchev–Trinajstić information content (AvgIpc) is 3.37. The van der Waals surface area contributed by atoms with Gasteiger partial charge < -0.3 is 9.26 Å². The van der Waals surface area contributed by atoms with E-state index < -0.39 is 11.0 Å².